The molecular weight excluding hydrogens is 711 g/mol. The minimum Gasteiger partial charge on any atom is -0.395 e. The maximum absolute atomic E-state index is 11.1. The van der Waals surface area contributed by atoms with Crippen LogP contribution in [0.2, 0.25) is 0 Å². The normalized spacial score (nSPS) is 10.7. The van der Waals surface area contributed by atoms with Crippen LogP contribution in [0.1, 0.15) is 69.2 Å². The molecule has 1 amide bonds. The zero-order valence-corrected chi connectivity index (χ0v) is 35.2. The van der Waals surface area contributed by atoms with Crippen LogP contribution in [-0.4, -0.2) is 101 Å². The summed E-state index contributed by atoms with van der Waals surface area (Å²) in [5.74, 6) is 0.0281. The predicted molar refractivity (Wildman–Crippen MR) is 242 cm³/mol. The Morgan fingerprint density at radius 2 is 0.754 bits per heavy atom. The van der Waals surface area contributed by atoms with Crippen molar-refractivity contribution in [1.29, 1.82) is 0 Å². The average Bonchev–Trinajstić information content (AvgIpc) is 3.22. The number of nitrogens with one attached hydrogen (secondary N) is 1. The first-order valence-corrected chi connectivity index (χ1v) is 21.0. The second-order valence-electron chi connectivity index (χ2n) is 14.5. The van der Waals surface area contributed by atoms with E-state index in [-0.39, 0.29) is 19.1 Å². The molecule has 4 aromatic carbocycles. The standard InChI is InChI=1S/C26H39N3O.C21H32N4O2/c1-5-17-28(18-6-2)25-12-8-23(9-13-25)21-24-10-14-26(15-11-24)29(19-7-3)20-16-27-22(4)30;22-9-11-24(12-10-23)20-5-1-18(2-6-20)17-19-3-7-21(8-4-19)25(13-15-26)14-16-27/h8-15H,5-7,16-21H2,1-4H3,(H,27,30);1-8,26-27H,9-17,22-23H2. The molecule has 0 aromatic heterocycles. The molecule has 0 heterocycles. The topological polar surface area (TPSA) is 135 Å². The van der Waals surface area contributed by atoms with Gasteiger partial charge in [0, 0.05) is 102 Å². The van der Waals surface area contributed by atoms with E-state index in [1.54, 1.807) is 6.92 Å². The second-order valence-corrected chi connectivity index (χ2v) is 14.5. The van der Waals surface area contributed by atoms with Crippen LogP contribution >= 0.6 is 0 Å². The Morgan fingerprint density at radius 1 is 0.474 bits per heavy atom. The van der Waals surface area contributed by atoms with Gasteiger partial charge in [-0.2, -0.15) is 0 Å². The zero-order valence-electron chi connectivity index (χ0n) is 35.2. The number of rotatable bonds is 25. The summed E-state index contributed by atoms with van der Waals surface area (Å²) < 4.78 is 0. The molecule has 0 unspecified atom stereocenters. The highest BCUT2D eigenvalue weighted by Gasteiger charge is 2.10. The molecule has 10 nitrogen and oxygen atoms in total. The quantitative estimate of drug-likeness (QED) is 0.0545. The van der Waals surface area contributed by atoms with E-state index in [1.165, 1.54) is 46.5 Å². The molecule has 0 fully saturated rings. The van der Waals surface area contributed by atoms with E-state index in [0.717, 1.165) is 69.9 Å². The van der Waals surface area contributed by atoms with E-state index >= 15 is 0 Å². The Morgan fingerprint density at radius 3 is 1.02 bits per heavy atom. The number of amides is 1. The van der Waals surface area contributed by atoms with Gasteiger partial charge in [-0.3, -0.25) is 4.79 Å². The molecule has 0 radical (unpaired) electrons. The maximum atomic E-state index is 11.1. The number of nitrogens with zero attached hydrogens (tertiary/aromatic N) is 4. The summed E-state index contributed by atoms with van der Waals surface area (Å²) in [6, 6.07) is 34.7. The zero-order chi connectivity index (χ0) is 41.3. The molecule has 57 heavy (non-hydrogen) atoms. The van der Waals surface area contributed by atoms with Gasteiger partial charge < -0.3 is 46.6 Å². The summed E-state index contributed by atoms with van der Waals surface area (Å²) >= 11 is 0. The lowest BCUT2D eigenvalue weighted by Crippen LogP contribution is -2.34. The minimum atomic E-state index is 0.0281. The van der Waals surface area contributed by atoms with Gasteiger partial charge in [-0.25, -0.2) is 0 Å². The van der Waals surface area contributed by atoms with Gasteiger partial charge in [0.15, 0.2) is 0 Å². The smallest absolute Gasteiger partial charge is 0.216 e. The fraction of sp³-hybridized carbons (Fsp3) is 0.468. The monoisotopic (exact) mass is 782 g/mol. The van der Waals surface area contributed by atoms with Gasteiger partial charge in [-0.15, -0.1) is 0 Å². The van der Waals surface area contributed by atoms with E-state index in [0.29, 0.717) is 32.7 Å². The number of carbonyl (C=O) groups is 1. The van der Waals surface area contributed by atoms with Crippen molar-refractivity contribution in [1.82, 2.24) is 5.32 Å². The molecule has 0 saturated heterocycles. The van der Waals surface area contributed by atoms with Crippen molar-refractivity contribution in [3.05, 3.63) is 119 Å². The summed E-state index contributed by atoms with van der Waals surface area (Å²) in [6.45, 7) is 17.0. The van der Waals surface area contributed by atoms with Gasteiger partial charge in [0.25, 0.3) is 0 Å². The number of nitrogens with two attached hydrogens (primary N) is 2. The molecule has 0 aliphatic heterocycles. The van der Waals surface area contributed by atoms with Gasteiger partial charge in [0.2, 0.25) is 5.91 Å². The fourth-order valence-electron chi connectivity index (χ4n) is 6.98. The van der Waals surface area contributed by atoms with Crippen LogP contribution in [-0.2, 0) is 17.6 Å². The third-order valence-electron chi connectivity index (χ3n) is 9.80. The van der Waals surface area contributed by atoms with Crippen molar-refractivity contribution in [3.63, 3.8) is 0 Å². The van der Waals surface area contributed by atoms with E-state index in [4.69, 9.17) is 21.7 Å². The van der Waals surface area contributed by atoms with Crippen molar-refractivity contribution in [2.24, 2.45) is 11.5 Å². The summed E-state index contributed by atoms with van der Waals surface area (Å²) in [4.78, 5) is 20.1. The number of aliphatic hydroxyl groups is 2. The number of hydrogen-bond donors (Lipinski definition) is 5. The van der Waals surface area contributed by atoms with Crippen molar-refractivity contribution in [3.8, 4) is 0 Å². The Kier molecular flexibility index (Phi) is 22.2. The van der Waals surface area contributed by atoms with Gasteiger partial charge >= 0.3 is 0 Å². The van der Waals surface area contributed by atoms with Crippen molar-refractivity contribution >= 4 is 28.7 Å². The molecule has 7 N–H and O–H groups in total. The van der Waals surface area contributed by atoms with Crippen LogP contribution in [0.5, 0.6) is 0 Å². The number of anilines is 4. The molecule has 0 bridgehead atoms. The van der Waals surface area contributed by atoms with Crippen LogP contribution in [0.15, 0.2) is 97.1 Å². The lowest BCUT2D eigenvalue weighted by molar-refractivity contribution is -0.118. The molecule has 0 saturated carbocycles. The van der Waals surface area contributed by atoms with Gasteiger partial charge in [0.05, 0.1) is 13.2 Å². The van der Waals surface area contributed by atoms with E-state index < -0.39 is 0 Å². The number of carbonyl (C=O) groups excluding carboxylic acids is 1. The molecule has 4 rings (SSSR count). The van der Waals surface area contributed by atoms with E-state index in [9.17, 15) is 4.79 Å². The van der Waals surface area contributed by atoms with Crippen LogP contribution in [0.25, 0.3) is 0 Å². The Balaban J connectivity index is 0.000000307. The third kappa shape index (κ3) is 16.8. The highest BCUT2D eigenvalue weighted by molar-refractivity contribution is 5.72. The Bertz CT molecular complexity index is 1560. The Hall–Kier alpha value is -4.61. The summed E-state index contributed by atoms with van der Waals surface area (Å²) in [5.41, 5.74) is 21.2. The molecule has 4 aromatic rings. The third-order valence-corrected chi connectivity index (χ3v) is 9.80. The van der Waals surface area contributed by atoms with Crippen LogP contribution in [0.3, 0.4) is 0 Å². The van der Waals surface area contributed by atoms with Crippen molar-refractivity contribution < 1.29 is 15.0 Å². The van der Waals surface area contributed by atoms with Crippen LogP contribution in [0, 0.1) is 0 Å². The molecule has 0 spiro atoms. The second kappa shape index (κ2) is 27.1. The highest BCUT2D eigenvalue weighted by Crippen LogP contribution is 2.22. The number of benzene rings is 4. The van der Waals surface area contributed by atoms with Crippen molar-refractivity contribution in [2.75, 3.05) is 105 Å². The van der Waals surface area contributed by atoms with Gasteiger partial charge in [-0.1, -0.05) is 69.3 Å². The molecule has 0 aliphatic carbocycles. The SMILES string of the molecule is CCCN(CCC)c1ccc(Cc2ccc(N(CCC)CCNC(C)=O)cc2)cc1.NCCN(CCN)c1ccc(Cc2ccc(N(CCO)CCO)cc2)cc1. The average molecular weight is 782 g/mol. The summed E-state index contributed by atoms with van der Waals surface area (Å²) in [5, 5.41) is 21.2. The molecule has 10 heteroatoms. The highest BCUT2D eigenvalue weighted by atomic mass is 16.3. The van der Waals surface area contributed by atoms with E-state index in [2.05, 4.69) is 126 Å². The first kappa shape index (κ1) is 46.8. The lowest BCUT2D eigenvalue weighted by Gasteiger charge is -2.25. The maximum Gasteiger partial charge on any atom is 0.216 e. The number of aliphatic hydroxyl groups excluding tert-OH is 2. The molecular formula is C47H71N7O3. The molecule has 0 aliphatic rings. The van der Waals surface area contributed by atoms with E-state index in [1.807, 2.05) is 17.0 Å². The minimum absolute atomic E-state index is 0.0281. The van der Waals surface area contributed by atoms with Crippen LogP contribution < -0.4 is 36.4 Å². The van der Waals surface area contributed by atoms with Gasteiger partial charge in [0.1, 0.15) is 0 Å². The number of hydrogen-bond acceptors (Lipinski definition) is 9. The first-order valence-electron chi connectivity index (χ1n) is 21.0. The summed E-state index contributed by atoms with van der Waals surface area (Å²) in [6.07, 6.45) is 5.24. The molecule has 0 atom stereocenters. The Labute approximate surface area is 343 Å². The summed E-state index contributed by atoms with van der Waals surface area (Å²) in [7, 11) is 0. The van der Waals surface area contributed by atoms with Crippen molar-refractivity contribution in [2.45, 2.75) is 59.8 Å². The van der Waals surface area contributed by atoms with Gasteiger partial charge in [-0.05, 0) is 103 Å². The predicted octanol–water partition coefficient (Wildman–Crippen LogP) is 6.05. The lowest BCUT2D eigenvalue weighted by atomic mass is 10.0. The largest absolute Gasteiger partial charge is 0.395 e. The fourth-order valence-corrected chi connectivity index (χ4v) is 6.98. The molecule has 312 valence electrons. The van der Waals surface area contributed by atoms with Crippen LogP contribution in [0.4, 0.5) is 22.7 Å². The first-order chi connectivity index (χ1) is 27.8.